The van der Waals surface area contributed by atoms with E-state index in [0.717, 1.165) is 74.0 Å². The molecule has 2 rings (SSSR count). The van der Waals surface area contributed by atoms with E-state index in [0.29, 0.717) is 19.4 Å². The normalized spacial score (nSPS) is 17.4. The Morgan fingerprint density at radius 3 is 2.55 bits per heavy atom. The van der Waals surface area contributed by atoms with Crippen molar-refractivity contribution < 1.29 is 19.4 Å². The summed E-state index contributed by atoms with van der Waals surface area (Å²) in [6, 6.07) is 2.21. The van der Waals surface area contributed by atoms with Gasteiger partial charge in [0, 0.05) is 18.4 Å². The van der Waals surface area contributed by atoms with Gasteiger partial charge in [0.25, 0.3) is 0 Å². The molecule has 0 amide bonds. The number of hydrogen-bond acceptors (Lipinski definition) is 4. The van der Waals surface area contributed by atoms with Gasteiger partial charge in [-0.15, -0.1) is 0 Å². The highest BCUT2D eigenvalue weighted by atomic mass is 16.5. The molecule has 1 aromatic carbocycles. The lowest BCUT2D eigenvalue weighted by Gasteiger charge is -2.36. The molecule has 182 valence electrons. The van der Waals surface area contributed by atoms with Crippen LogP contribution in [0.3, 0.4) is 0 Å². The van der Waals surface area contributed by atoms with Gasteiger partial charge in [-0.3, -0.25) is 4.79 Å². The topological polar surface area (TPSA) is 79.5 Å². The van der Waals surface area contributed by atoms with Crippen molar-refractivity contribution in [2.75, 3.05) is 6.61 Å². The van der Waals surface area contributed by atoms with Crippen LogP contribution in [-0.2, 0) is 11.2 Å². The maximum absolute atomic E-state index is 10.6. The zero-order chi connectivity index (χ0) is 24.3. The molecule has 0 spiro atoms. The molecule has 1 atom stereocenters. The van der Waals surface area contributed by atoms with Crippen LogP contribution >= 0.6 is 0 Å². The van der Waals surface area contributed by atoms with E-state index in [1.165, 1.54) is 17.5 Å². The summed E-state index contributed by atoms with van der Waals surface area (Å²) in [5.74, 6) is 1.24. The molecule has 0 aliphatic carbocycles. The van der Waals surface area contributed by atoms with Crippen LogP contribution in [0.15, 0.2) is 12.2 Å². The summed E-state index contributed by atoms with van der Waals surface area (Å²) in [5, 5.41) is 17.4. The molecule has 5 nitrogen and oxygen atoms in total. The van der Waals surface area contributed by atoms with Crippen LogP contribution < -0.4 is 9.47 Å². The van der Waals surface area contributed by atoms with E-state index in [9.17, 15) is 4.79 Å². The minimum atomic E-state index is -0.734. The van der Waals surface area contributed by atoms with Crippen molar-refractivity contribution in [1.29, 1.82) is 5.26 Å². The number of aliphatic carboxylic acids is 1. The number of carboxylic acids is 1. The minimum absolute atomic E-state index is 0.225. The lowest BCUT2D eigenvalue weighted by atomic mass is 9.86. The van der Waals surface area contributed by atoms with E-state index in [4.69, 9.17) is 19.8 Å². The van der Waals surface area contributed by atoms with Gasteiger partial charge < -0.3 is 14.6 Å². The Balaban J connectivity index is 1.95. The summed E-state index contributed by atoms with van der Waals surface area (Å²) < 4.78 is 12.7. The Bertz CT molecular complexity index is 868. The molecule has 1 heterocycles. The molecule has 1 unspecified atom stereocenters. The number of unbranched alkanes of at least 4 members (excludes halogenated alkanes) is 7. The number of nitriles is 1. The van der Waals surface area contributed by atoms with E-state index >= 15 is 0 Å². The number of carboxylic acid groups (broad SMARTS) is 1. The van der Waals surface area contributed by atoms with Gasteiger partial charge in [-0.2, -0.15) is 5.26 Å². The number of carbonyl (C=O) groups is 1. The van der Waals surface area contributed by atoms with Gasteiger partial charge in [-0.05, 0) is 102 Å². The van der Waals surface area contributed by atoms with Crippen molar-refractivity contribution >= 4 is 5.97 Å². The lowest BCUT2D eigenvalue weighted by Crippen LogP contribution is -2.35. The fourth-order valence-electron chi connectivity index (χ4n) is 4.47. The van der Waals surface area contributed by atoms with Crippen LogP contribution in [0.4, 0.5) is 0 Å². The van der Waals surface area contributed by atoms with Gasteiger partial charge >= 0.3 is 5.97 Å². The first-order valence-electron chi connectivity index (χ1n) is 12.5. The second kappa shape index (κ2) is 13.3. The van der Waals surface area contributed by atoms with Gasteiger partial charge in [0.05, 0.1) is 12.7 Å². The predicted molar refractivity (Wildman–Crippen MR) is 132 cm³/mol. The second-order valence-corrected chi connectivity index (χ2v) is 9.49. The van der Waals surface area contributed by atoms with Gasteiger partial charge in [-0.1, -0.05) is 18.9 Å². The summed E-state index contributed by atoms with van der Waals surface area (Å²) in [6.07, 6.45) is 15.2. The van der Waals surface area contributed by atoms with Crippen LogP contribution in [-0.4, -0.2) is 23.3 Å². The number of benzene rings is 1. The highest BCUT2D eigenvalue weighted by Gasteiger charge is 2.32. The Morgan fingerprint density at radius 2 is 1.82 bits per heavy atom. The van der Waals surface area contributed by atoms with Crippen LogP contribution in [0, 0.1) is 32.1 Å². The largest absolute Gasteiger partial charge is 0.493 e. The Labute approximate surface area is 199 Å². The van der Waals surface area contributed by atoms with Crippen molar-refractivity contribution in [3.8, 4) is 17.6 Å². The van der Waals surface area contributed by atoms with Crippen molar-refractivity contribution in [2.45, 2.75) is 110 Å². The van der Waals surface area contributed by atoms with Crippen LogP contribution in [0.25, 0.3) is 0 Å². The predicted octanol–water partition coefficient (Wildman–Crippen LogP) is 7.14. The zero-order valence-corrected chi connectivity index (χ0v) is 21.0. The average molecular weight is 456 g/mol. The smallest absolute Gasteiger partial charge is 0.303 e. The number of fused-ring (bicyclic) bond motifs is 1. The minimum Gasteiger partial charge on any atom is -0.493 e. The lowest BCUT2D eigenvalue weighted by molar-refractivity contribution is -0.137. The quantitative estimate of drug-likeness (QED) is 0.238. The molecule has 33 heavy (non-hydrogen) atoms. The number of nitrogens with zero attached hydrogens (tertiary/aromatic N) is 1. The zero-order valence-electron chi connectivity index (χ0n) is 21.0. The third kappa shape index (κ3) is 8.11. The summed E-state index contributed by atoms with van der Waals surface area (Å²) in [4.78, 5) is 10.6. The highest BCUT2D eigenvalue weighted by molar-refractivity contribution is 5.66. The van der Waals surface area contributed by atoms with Crippen LogP contribution in [0.2, 0.25) is 0 Å². The Morgan fingerprint density at radius 1 is 1.09 bits per heavy atom. The van der Waals surface area contributed by atoms with Crippen molar-refractivity contribution in [3.63, 3.8) is 0 Å². The van der Waals surface area contributed by atoms with E-state index in [1.54, 1.807) is 0 Å². The van der Waals surface area contributed by atoms with Crippen molar-refractivity contribution in [1.82, 2.24) is 0 Å². The average Bonchev–Trinajstić information content (AvgIpc) is 2.78. The molecule has 5 heteroatoms. The molecule has 1 aliphatic heterocycles. The summed E-state index contributed by atoms with van der Waals surface area (Å²) in [5.41, 5.74) is 4.41. The Hall–Kier alpha value is -2.48. The van der Waals surface area contributed by atoms with Gasteiger partial charge in [-0.25, -0.2) is 0 Å². The van der Waals surface area contributed by atoms with Gasteiger partial charge in [0.2, 0.25) is 0 Å². The Kier molecular flexibility index (Phi) is 10.8. The molecular formula is C28H41NO4. The fraction of sp³-hybridized carbons (Fsp3) is 0.643. The molecule has 0 fully saturated rings. The highest BCUT2D eigenvalue weighted by Crippen LogP contribution is 2.44. The van der Waals surface area contributed by atoms with E-state index in [2.05, 4.69) is 45.9 Å². The van der Waals surface area contributed by atoms with Crippen LogP contribution in [0.1, 0.15) is 99.8 Å². The van der Waals surface area contributed by atoms with Crippen molar-refractivity contribution in [3.05, 3.63) is 34.4 Å². The first-order chi connectivity index (χ1) is 15.8. The standard InChI is InChI=1S/C28H41NO4/c1-21-22(2)27-24(23(3)26(21)32-20-14-10-11-15-25(30)31)16-18-28(4,33-27)17-12-8-6-5-7-9-13-19-29/h12,17H,5-11,13-16,18,20H2,1-4H3,(H,30,31). The number of ether oxygens (including phenoxy) is 2. The summed E-state index contributed by atoms with van der Waals surface area (Å²) in [6.45, 7) is 9.12. The molecule has 1 aliphatic rings. The van der Waals surface area contributed by atoms with Gasteiger partial charge in [0.1, 0.15) is 17.1 Å². The van der Waals surface area contributed by atoms with E-state index in [-0.39, 0.29) is 12.0 Å². The first-order valence-corrected chi connectivity index (χ1v) is 12.5. The molecule has 0 aromatic heterocycles. The molecule has 0 bridgehead atoms. The monoisotopic (exact) mass is 455 g/mol. The van der Waals surface area contributed by atoms with Gasteiger partial charge in [0.15, 0.2) is 0 Å². The molecule has 1 N–H and O–H groups in total. The third-order valence-corrected chi connectivity index (χ3v) is 6.68. The molecule has 1 aromatic rings. The summed E-state index contributed by atoms with van der Waals surface area (Å²) >= 11 is 0. The number of allylic oxidation sites excluding steroid dienone is 1. The number of rotatable bonds is 14. The van der Waals surface area contributed by atoms with Crippen LogP contribution in [0.5, 0.6) is 11.5 Å². The molecule has 0 saturated heterocycles. The fourth-order valence-corrected chi connectivity index (χ4v) is 4.47. The molecule has 0 radical (unpaired) electrons. The first kappa shape index (κ1) is 26.8. The maximum atomic E-state index is 10.6. The maximum Gasteiger partial charge on any atom is 0.303 e. The van der Waals surface area contributed by atoms with Crippen molar-refractivity contribution in [2.24, 2.45) is 0 Å². The van der Waals surface area contributed by atoms with E-state index < -0.39 is 5.97 Å². The molecule has 0 saturated carbocycles. The SMILES string of the molecule is Cc1c(C)c2c(c(C)c1OCCCCCC(=O)O)CCC(C)(C=CCCCCCCC#N)O2. The third-order valence-electron chi connectivity index (χ3n) is 6.68. The summed E-state index contributed by atoms with van der Waals surface area (Å²) in [7, 11) is 0. The second-order valence-electron chi connectivity index (χ2n) is 9.49. The molecular weight excluding hydrogens is 414 g/mol. The van der Waals surface area contributed by atoms with E-state index in [1.807, 2.05) is 0 Å². The number of hydrogen-bond donors (Lipinski definition) is 1.